The van der Waals surface area contributed by atoms with Crippen LogP contribution in [0.15, 0.2) is 42.7 Å². The van der Waals surface area contributed by atoms with Crippen LogP contribution >= 0.6 is 0 Å². The number of aryl methyl sites for hydroxylation is 1. The fourth-order valence-corrected chi connectivity index (χ4v) is 4.67. The third-order valence-corrected chi connectivity index (χ3v) is 6.28. The van der Waals surface area contributed by atoms with Crippen molar-refractivity contribution in [3.05, 3.63) is 59.8 Å². The molecule has 1 saturated heterocycles. The Bertz CT molecular complexity index is 1270. The highest BCUT2D eigenvalue weighted by atomic mass is 19.1. The highest BCUT2D eigenvalue weighted by Gasteiger charge is 2.17. The largest absolute Gasteiger partial charge is 0.317 e. The molecule has 8 heteroatoms. The first-order valence-electron chi connectivity index (χ1n) is 11.4. The van der Waals surface area contributed by atoms with Gasteiger partial charge in [0.1, 0.15) is 11.5 Å². The number of nitrogens with zero attached hydrogens (tertiary/aromatic N) is 5. The van der Waals surface area contributed by atoms with E-state index in [-0.39, 0.29) is 5.69 Å². The first-order chi connectivity index (χ1) is 16.0. The smallest absolute Gasteiger partial charge is 0.229 e. The molecule has 0 unspecified atom stereocenters. The van der Waals surface area contributed by atoms with Crippen LogP contribution in [0.3, 0.4) is 0 Å². The molecule has 0 saturated carbocycles. The van der Waals surface area contributed by atoms with Crippen LogP contribution in [0, 0.1) is 5.82 Å². The number of piperidine rings is 1. The molecule has 1 aliphatic rings. The molecule has 1 aliphatic heterocycles. The number of aromatic nitrogens is 5. The van der Waals surface area contributed by atoms with Gasteiger partial charge in [0.2, 0.25) is 5.95 Å². The average Bonchev–Trinajstić information content (AvgIpc) is 3.16. The molecule has 3 aromatic heterocycles. The van der Waals surface area contributed by atoms with Crippen molar-refractivity contribution in [2.45, 2.75) is 38.5 Å². The molecule has 7 nitrogen and oxygen atoms in total. The van der Waals surface area contributed by atoms with E-state index < -0.39 is 5.82 Å². The van der Waals surface area contributed by atoms with Crippen molar-refractivity contribution in [3.8, 4) is 11.3 Å². The van der Waals surface area contributed by atoms with Gasteiger partial charge in [-0.3, -0.25) is 4.68 Å². The topological polar surface area (TPSA) is 80.6 Å². The molecule has 0 radical (unpaired) electrons. The average molecular weight is 446 g/mol. The van der Waals surface area contributed by atoms with Crippen LogP contribution in [0.4, 0.5) is 16.2 Å². The van der Waals surface area contributed by atoms with Gasteiger partial charge in [-0.25, -0.2) is 19.3 Å². The minimum absolute atomic E-state index is 0.249. The molecule has 33 heavy (non-hydrogen) atoms. The summed E-state index contributed by atoms with van der Waals surface area (Å²) < 4.78 is 16.6. The second-order valence-electron chi connectivity index (χ2n) is 8.91. The summed E-state index contributed by atoms with van der Waals surface area (Å²) in [6.45, 7) is 6.33. The van der Waals surface area contributed by atoms with Gasteiger partial charge in [0.25, 0.3) is 0 Å². The van der Waals surface area contributed by atoms with Gasteiger partial charge < -0.3 is 10.6 Å². The lowest BCUT2D eigenvalue weighted by molar-refractivity contribution is 0.459. The maximum Gasteiger partial charge on any atom is 0.229 e. The molecule has 1 fully saturated rings. The molecule has 0 aliphatic carbocycles. The molecule has 0 spiro atoms. The van der Waals surface area contributed by atoms with Crippen LogP contribution < -0.4 is 10.6 Å². The number of hydrogen-bond acceptors (Lipinski definition) is 6. The van der Waals surface area contributed by atoms with E-state index >= 15 is 0 Å². The van der Waals surface area contributed by atoms with Crippen LogP contribution in [0.1, 0.15) is 49.8 Å². The van der Waals surface area contributed by atoms with Gasteiger partial charge in [0.15, 0.2) is 5.82 Å². The van der Waals surface area contributed by atoms with Crippen LogP contribution in [0.5, 0.6) is 0 Å². The Labute approximate surface area is 192 Å². The van der Waals surface area contributed by atoms with Crippen molar-refractivity contribution in [2.24, 2.45) is 7.05 Å². The fourth-order valence-electron chi connectivity index (χ4n) is 4.67. The number of rotatable bonds is 5. The lowest BCUT2D eigenvalue weighted by Gasteiger charge is -2.22. The zero-order valence-corrected chi connectivity index (χ0v) is 19.1. The van der Waals surface area contributed by atoms with Crippen LogP contribution in [0.2, 0.25) is 0 Å². The molecule has 0 amide bonds. The lowest BCUT2D eigenvalue weighted by Crippen LogP contribution is -2.26. The normalized spacial score (nSPS) is 14.8. The van der Waals surface area contributed by atoms with E-state index in [0.717, 1.165) is 42.5 Å². The fraction of sp³-hybridized carbons (Fsp3) is 0.360. The second-order valence-corrected chi connectivity index (χ2v) is 8.91. The monoisotopic (exact) mass is 445 g/mol. The summed E-state index contributed by atoms with van der Waals surface area (Å²) in [4.78, 5) is 13.1. The zero-order valence-electron chi connectivity index (χ0n) is 19.1. The molecule has 4 heterocycles. The number of pyridine rings is 1. The first-order valence-corrected chi connectivity index (χ1v) is 11.4. The van der Waals surface area contributed by atoms with E-state index in [2.05, 4.69) is 50.6 Å². The Balaban J connectivity index is 1.42. The van der Waals surface area contributed by atoms with Crippen molar-refractivity contribution in [1.29, 1.82) is 0 Å². The molecule has 1 aromatic carbocycles. The highest BCUT2D eigenvalue weighted by Crippen LogP contribution is 2.31. The van der Waals surface area contributed by atoms with Crippen LogP contribution in [-0.2, 0) is 7.05 Å². The standard InChI is InChI=1S/C25H28FN7/c1-15(2)24-19-12-17(4-6-21(19)32-33(24)3)23-20(26)14-29-25(31-23)30-22-7-5-18(13-28-22)16-8-10-27-11-9-16/h4-7,12-16,27H,8-11H2,1-3H3,(H,28,29,30,31). The molecule has 4 aromatic rings. The van der Waals surface area contributed by atoms with Crippen LogP contribution in [-0.4, -0.2) is 37.8 Å². The summed E-state index contributed by atoms with van der Waals surface area (Å²) in [7, 11) is 1.94. The molecule has 0 bridgehead atoms. The summed E-state index contributed by atoms with van der Waals surface area (Å²) in [5, 5.41) is 12.1. The summed E-state index contributed by atoms with van der Waals surface area (Å²) >= 11 is 0. The second kappa shape index (κ2) is 8.86. The summed E-state index contributed by atoms with van der Waals surface area (Å²) in [6.07, 6.45) is 5.36. The maximum atomic E-state index is 14.7. The highest BCUT2D eigenvalue weighted by molar-refractivity contribution is 5.86. The predicted molar refractivity (Wildman–Crippen MR) is 128 cm³/mol. The maximum absolute atomic E-state index is 14.7. The van der Waals surface area contributed by atoms with Gasteiger partial charge >= 0.3 is 0 Å². The molecule has 5 rings (SSSR count). The van der Waals surface area contributed by atoms with E-state index in [9.17, 15) is 4.39 Å². The Morgan fingerprint density at radius 3 is 2.64 bits per heavy atom. The zero-order chi connectivity index (χ0) is 22.9. The minimum atomic E-state index is -0.468. The molecule has 0 atom stereocenters. The van der Waals surface area contributed by atoms with Crippen molar-refractivity contribution >= 4 is 22.7 Å². The van der Waals surface area contributed by atoms with E-state index in [1.54, 1.807) is 0 Å². The molecular weight excluding hydrogens is 417 g/mol. The van der Waals surface area contributed by atoms with Crippen molar-refractivity contribution in [2.75, 3.05) is 18.4 Å². The van der Waals surface area contributed by atoms with Gasteiger partial charge in [-0.2, -0.15) is 5.10 Å². The predicted octanol–water partition coefficient (Wildman–Crippen LogP) is 4.90. The van der Waals surface area contributed by atoms with Gasteiger partial charge in [-0.05, 0) is 61.5 Å². The molecule has 2 N–H and O–H groups in total. The number of halogens is 1. The van der Waals surface area contributed by atoms with E-state index in [1.165, 1.54) is 11.8 Å². The van der Waals surface area contributed by atoms with Crippen molar-refractivity contribution in [3.63, 3.8) is 0 Å². The number of anilines is 2. The van der Waals surface area contributed by atoms with Crippen LogP contribution in [0.25, 0.3) is 22.2 Å². The van der Waals surface area contributed by atoms with E-state index in [1.807, 2.05) is 42.2 Å². The quantitative estimate of drug-likeness (QED) is 0.455. The number of hydrogen-bond donors (Lipinski definition) is 2. The summed E-state index contributed by atoms with van der Waals surface area (Å²) in [6, 6.07) is 9.74. The Hall–Kier alpha value is -3.39. The lowest BCUT2D eigenvalue weighted by atomic mass is 9.91. The van der Waals surface area contributed by atoms with Gasteiger partial charge in [-0.15, -0.1) is 0 Å². The van der Waals surface area contributed by atoms with Gasteiger partial charge in [-0.1, -0.05) is 26.0 Å². The van der Waals surface area contributed by atoms with Crippen molar-refractivity contribution < 1.29 is 4.39 Å². The van der Waals surface area contributed by atoms with E-state index in [0.29, 0.717) is 29.2 Å². The Morgan fingerprint density at radius 2 is 1.91 bits per heavy atom. The number of benzene rings is 1. The SMILES string of the molecule is CC(C)c1c2cc(-c3nc(Nc4ccc(C5CCNCC5)cn4)ncc3F)ccc2nn1C. The third kappa shape index (κ3) is 4.30. The Kier molecular flexibility index (Phi) is 5.76. The Morgan fingerprint density at radius 1 is 1.09 bits per heavy atom. The minimum Gasteiger partial charge on any atom is -0.317 e. The number of fused-ring (bicyclic) bond motifs is 1. The van der Waals surface area contributed by atoms with Gasteiger partial charge in [0.05, 0.1) is 11.7 Å². The molecule has 170 valence electrons. The summed E-state index contributed by atoms with van der Waals surface area (Å²) in [5.41, 5.74) is 4.18. The third-order valence-electron chi connectivity index (χ3n) is 6.28. The molecular formula is C25H28FN7. The van der Waals surface area contributed by atoms with E-state index in [4.69, 9.17) is 0 Å². The first kappa shape index (κ1) is 21.5. The van der Waals surface area contributed by atoms with Crippen molar-refractivity contribution in [1.82, 2.24) is 30.0 Å². The van der Waals surface area contributed by atoms with Gasteiger partial charge in [0, 0.05) is 29.9 Å². The summed E-state index contributed by atoms with van der Waals surface area (Å²) in [5.74, 6) is 1.31. The number of nitrogens with one attached hydrogen (secondary N) is 2.